The predicted molar refractivity (Wildman–Crippen MR) is 77.6 cm³/mol. The van der Waals surface area contributed by atoms with Crippen molar-refractivity contribution in [2.75, 3.05) is 26.2 Å². The number of nitrogens with one attached hydrogen (secondary N) is 1. The minimum atomic E-state index is 0.522. The van der Waals surface area contributed by atoms with Crippen LogP contribution in [0.5, 0.6) is 0 Å². The molecule has 0 bridgehead atoms. The second-order valence-electron chi connectivity index (χ2n) is 5.91. The maximum atomic E-state index is 3.56. The van der Waals surface area contributed by atoms with Crippen LogP contribution in [0.3, 0.4) is 0 Å². The standard InChI is InChI=1S/C16H26N2/c1-13-9-17-10-14(2)12-18(11-13)15(3)16-7-5-4-6-8-16/h4-8,13-15,17H,9-12H2,1-3H3. The van der Waals surface area contributed by atoms with Crippen LogP contribution in [0.2, 0.25) is 0 Å². The monoisotopic (exact) mass is 246 g/mol. The van der Waals surface area contributed by atoms with Crippen LogP contribution in [0.4, 0.5) is 0 Å². The second kappa shape index (κ2) is 6.35. The highest BCUT2D eigenvalue weighted by molar-refractivity contribution is 5.18. The van der Waals surface area contributed by atoms with Crippen LogP contribution in [-0.2, 0) is 0 Å². The SMILES string of the molecule is CC1CNCC(C)CN(C(C)c2ccccc2)C1. The van der Waals surface area contributed by atoms with Gasteiger partial charge in [-0.15, -0.1) is 0 Å². The van der Waals surface area contributed by atoms with Crippen LogP contribution >= 0.6 is 0 Å². The number of hydrogen-bond acceptors (Lipinski definition) is 2. The Bertz CT molecular complexity index is 337. The van der Waals surface area contributed by atoms with Gasteiger partial charge in [-0.1, -0.05) is 44.2 Å². The molecule has 100 valence electrons. The van der Waals surface area contributed by atoms with E-state index in [1.165, 1.54) is 18.7 Å². The lowest BCUT2D eigenvalue weighted by Crippen LogP contribution is -2.43. The van der Waals surface area contributed by atoms with E-state index in [0.717, 1.165) is 24.9 Å². The fraction of sp³-hybridized carbons (Fsp3) is 0.625. The van der Waals surface area contributed by atoms with Crippen molar-refractivity contribution in [3.8, 4) is 0 Å². The van der Waals surface area contributed by atoms with Gasteiger partial charge in [0.05, 0.1) is 0 Å². The molecule has 0 aromatic heterocycles. The molecule has 0 aliphatic carbocycles. The summed E-state index contributed by atoms with van der Waals surface area (Å²) in [5.41, 5.74) is 1.44. The van der Waals surface area contributed by atoms with Gasteiger partial charge in [0.15, 0.2) is 0 Å². The van der Waals surface area contributed by atoms with Crippen LogP contribution in [-0.4, -0.2) is 31.1 Å². The van der Waals surface area contributed by atoms with Crippen molar-refractivity contribution in [3.05, 3.63) is 35.9 Å². The summed E-state index contributed by atoms with van der Waals surface area (Å²) >= 11 is 0. The molecule has 3 unspecified atom stereocenters. The van der Waals surface area contributed by atoms with Gasteiger partial charge in [0.1, 0.15) is 0 Å². The van der Waals surface area contributed by atoms with Crippen LogP contribution in [0.1, 0.15) is 32.4 Å². The molecule has 1 aromatic rings. The normalized spacial score (nSPS) is 28.4. The minimum Gasteiger partial charge on any atom is -0.316 e. The van der Waals surface area contributed by atoms with Gasteiger partial charge < -0.3 is 5.32 Å². The number of hydrogen-bond donors (Lipinski definition) is 1. The van der Waals surface area contributed by atoms with Gasteiger partial charge in [-0.25, -0.2) is 0 Å². The van der Waals surface area contributed by atoms with Crippen LogP contribution in [0, 0.1) is 11.8 Å². The maximum Gasteiger partial charge on any atom is 0.0320 e. The molecule has 1 heterocycles. The third kappa shape index (κ3) is 3.56. The van der Waals surface area contributed by atoms with E-state index in [-0.39, 0.29) is 0 Å². The van der Waals surface area contributed by atoms with E-state index in [0.29, 0.717) is 6.04 Å². The van der Waals surface area contributed by atoms with Crippen molar-refractivity contribution in [1.29, 1.82) is 0 Å². The van der Waals surface area contributed by atoms with Gasteiger partial charge in [0, 0.05) is 19.1 Å². The molecule has 2 rings (SSSR count). The van der Waals surface area contributed by atoms with Crippen molar-refractivity contribution in [1.82, 2.24) is 10.2 Å². The number of benzene rings is 1. The second-order valence-corrected chi connectivity index (χ2v) is 5.91. The topological polar surface area (TPSA) is 15.3 Å². The fourth-order valence-electron chi connectivity index (χ4n) is 2.84. The summed E-state index contributed by atoms with van der Waals surface area (Å²) in [6.07, 6.45) is 0. The van der Waals surface area contributed by atoms with E-state index in [4.69, 9.17) is 0 Å². The van der Waals surface area contributed by atoms with Gasteiger partial charge in [-0.05, 0) is 37.4 Å². The summed E-state index contributed by atoms with van der Waals surface area (Å²) in [6.45, 7) is 11.7. The zero-order chi connectivity index (χ0) is 13.0. The summed E-state index contributed by atoms with van der Waals surface area (Å²) in [5, 5.41) is 3.56. The Morgan fingerprint density at radius 1 is 1.06 bits per heavy atom. The molecular formula is C16H26N2. The van der Waals surface area contributed by atoms with Crippen molar-refractivity contribution >= 4 is 0 Å². The molecule has 1 aliphatic heterocycles. The Morgan fingerprint density at radius 3 is 2.17 bits per heavy atom. The quantitative estimate of drug-likeness (QED) is 0.863. The molecule has 1 aromatic carbocycles. The summed E-state index contributed by atoms with van der Waals surface area (Å²) in [6, 6.07) is 11.4. The smallest absolute Gasteiger partial charge is 0.0320 e. The zero-order valence-corrected chi connectivity index (χ0v) is 11.9. The molecule has 2 heteroatoms. The molecule has 18 heavy (non-hydrogen) atoms. The average Bonchev–Trinajstić information content (AvgIpc) is 2.36. The molecule has 1 N–H and O–H groups in total. The molecule has 0 radical (unpaired) electrons. The van der Waals surface area contributed by atoms with Gasteiger partial charge in [-0.2, -0.15) is 0 Å². The molecular weight excluding hydrogens is 220 g/mol. The molecule has 1 aliphatic rings. The van der Waals surface area contributed by atoms with E-state index in [1.807, 2.05) is 0 Å². The Labute approximate surface area is 111 Å². The lowest BCUT2D eigenvalue weighted by atomic mass is 10.0. The minimum absolute atomic E-state index is 0.522. The maximum absolute atomic E-state index is 3.56. The van der Waals surface area contributed by atoms with Gasteiger partial charge >= 0.3 is 0 Å². The molecule has 2 nitrogen and oxygen atoms in total. The summed E-state index contributed by atoms with van der Waals surface area (Å²) < 4.78 is 0. The summed E-state index contributed by atoms with van der Waals surface area (Å²) in [7, 11) is 0. The average molecular weight is 246 g/mol. The molecule has 0 spiro atoms. The molecule has 0 amide bonds. The molecule has 1 saturated heterocycles. The highest BCUT2D eigenvalue weighted by atomic mass is 15.2. The number of nitrogens with zero attached hydrogens (tertiary/aromatic N) is 1. The van der Waals surface area contributed by atoms with Gasteiger partial charge in [0.25, 0.3) is 0 Å². The lowest BCUT2D eigenvalue weighted by Gasteiger charge is -2.36. The third-order valence-electron chi connectivity index (χ3n) is 3.91. The van der Waals surface area contributed by atoms with E-state index < -0.39 is 0 Å². The van der Waals surface area contributed by atoms with E-state index in [2.05, 4.69) is 61.3 Å². The van der Waals surface area contributed by atoms with Crippen molar-refractivity contribution in [2.45, 2.75) is 26.8 Å². The van der Waals surface area contributed by atoms with Crippen molar-refractivity contribution in [3.63, 3.8) is 0 Å². The molecule has 1 fully saturated rings. The first-order chi connectivity index (χ1) is 8.66. The fourth-order valence-corrected chi connectivity index (χ4v) is 2.84. The van der Waals surface area contributed by atoms with Crippen molar-refractivity contribution in [2.24, 2.45) is 11.8 Å². The zero-order valence-electron chi connectivity index (χ0n) is 11.9. The largest absolute Gasteiger partial charge is 0.316 e. The van der Waals surface area contributed by atoms with Crippen LogP contribution in [0.15, 0.2) is 30.3 Å². The molecule has 3 atom stereocenters. The van der Waals surface area contributed by atoms with E-state index in [9.17, 15) is 0 Å². The predicted octanol–water partition coefficient (Wildman–Crippen LogP) is 2.93. The van der Waals surface area contributed by atoms with Gasteiger partial charge in [-0.3, -0.25) is 4.90 Å². The van der Waals surface area contributed by atoms with Crippen LogP contribution < -0.4 is 5.32 Å². The van der Waals surface area contributed by atoms with Gasteiger partial charge in [0.2, 0.25) is 0 Å². The van der Waals surface area contributed by atoms with E-state index in [1.54, 1.807) is 0 Å². The van der Waals surface area contributed by atoms with Crippen molar-refractivity contribution < 1.29 is 0 Å². The highest BCUT2D eigenvalue weighted by Crippen LogP contribution is 2.23. The highest BCUT2D eigenvalue weighted by Gasteiger charge is 2.22. The Kier molecular flexibility index (Phi) is 4.79. The summed E-state index contributed by atoms with van der Waals surface area (Å²) in [5.74, 6) is 1.45. The number of rotatable bonds is 2. The Balaban J connectivity index is 2.08. The van der Waals surface area contributed by atoms with E-state index >= 15 is 0 Å². The van der Waals surface area contributed by atoms with Crippen LogP contribution in [0.25, 0.3) is 0 Å². The lowest BCUT2D eigenvalue weighted by molar-refractivity contribution is 0.142. The third-order valence-corrected chi connectivity index (χ3v) is 3.91. The Hall–Kier alpha value is -0.860. The Morgan fingerprint density at radius 2 is 1.61 bits per heavy atom. The first-order valence-electron chi connectivity index (χ1n) is 7.16. The summed E-state index contributed by atoms with van der Waals surface area (Å²) in [4.78, 5) is 2.64. The first-order valence-corrected chi connectivity index (χ1v) is 7.16. The first kappa shape index (κ1) is 13.6. The molecule has 0 saturated carbocycles.